The fourth-order valence-electron chi connectivity index (χ4n) is 2.43. The molecule has 0 saturated heterocycles. The number of aromatic nitrogens is 2. The third-order valence-corrected chi connectivity index (χ3v) is 3.83. The van der Waals surface area contributed by atoms with Crippen molar-refractivity contribution in [2.24, 2.45) is 5.73 Å². The average Bonchev–Trinajstić information content (AvgIpc) is 2.43. The molecule has 112 valence electrons. The highest BCUT2D eigenvalue weighted by molar-refractivity contribution is 5.41. The lowest BCUT2D eigenvalue weighted by Gasteiger charge is -2.14. The zero-order valence-electron chi connectivity index (χ0n) is 13.4. The average molecular weight is 285 g/mol. The maximum atomic E-state index is 5.90. The molecule has 1 heterocycles. The van der Waals surface area contributed by atoms with Gasteiger partial charge in [-0.25, -0.2) is 0 Å². The first-order valence-electron chi connectivity index (χ1n) is 7.25. The van der Waals surface area contributed by atoms with E-state index in [-0.39, 0.29) is 0 Å². The van der Waals surface area contributed by atoms with Crippen LogP contribution in [0.5, 0.6) is 11.6 Å². The first kappa shape index (κ1) is 15.4. The maximum Gasteiger partial charge on any atom is 0.243 e. The standard InChI is InChI=1S/C17H23N3O/c1-10(2)15-7-6-14(8-11(15)3)21-17-16(9-18)12(4)13(5)19-20-17/h6-8,10H,9,18H2,1-5H3. The summed E-state index contributed by atoms with van der Waals surface area (Å²) in [4.78, 5) is 0. The molecule has 2 aromatic rings. The highest BCUT2D eigenvalue weighted by Gasteiger charge is 2.12. The van der Waals surface area contributed by atoms with Crippen molar-refractivity contribution >= 4 is 0 Å². The number of rotatable bonds is 4. The Morgan fingerprint density at radius 3 is 2.43 bits per heavy atom. The molecule has 0 unspecified atom stereocenters. The molecule has 0 radical (unpaired) electrons. The third kappa shape index (κ3) is 3.22. The van der Waals surface area contributed by atoms with Gasteiger partial charge < -0.3 is 10.5 Å². The molecule has 0 aliphatic heterocycles. The van der Waals surface area contributed by atoms with Gasteiger partial charge in [0.2, 0.25) is 5.88 Å². The van der Waals surface area contributed by atoms with Gasteiger partial charge in [-0.05, 0) is 55.5 Å². The lowest BCUT2D eigenvalue weighted by molar-refractivity contribution is 0.446. The van der Waals surface area contributed by atoms with Gasteiger partial charge in [0.25, 0.3) is 0 Å². The highest BCUT2D eigenvalue weighted by Crippen LogP contribution is 2.29. The van der Waals surface area contributed by atoms with Gasteiger partial charge >= 0.3 is 0 Å². The Balaban J connectivity index is 2.35. The Labute approximate surface area is 126 Å². The Kier molecular flexibility index (Phi) is 4.58. The second-order valence-corrected chi connectivity index (χ2v) is 5.67. The quantitative estimate of drug-likeness (QED) is 0.928. The lowest BCUT2D eigenvalue weighted by Crippen LogP contribution is -2.07. The molecule has 0 fully saturated rings. The number of aryl methyl sites for hydroxylation is 2. The number of nitrogens with two attached hydrogens (primary N) is 1. The molecular weight excluding hydrogens is 262 g/mol. The van der Waals surface area contributed by atoms with Gasteiger partial charge in [-0.1, -0.05) is 19.9 Å². The van der Waals surface area contributed by atoms with Crippen LogP contribution in [0.15, 0.2) is 18.2 Å². The van der Waals surface area contributed by atoms with Gasteiger partial charge in [-0.3, -0.25) is 0 Å². The molecule has 1 aromatic carbocycles. The van der Waals surface area contributed by atoms with Crippen LogP contribution in [-0.2, 0) is 6.54 Å². The summed E-state index contributed by atoms with van der Waals surface area (Å²) in [5, 5.41) is 8.26. The Bertz CT molecular complexity index is 651. The second kappa shape index (κ2) is 6.22. The fraction of sp³-hybridized carbons (Fsp3) is 0.412. The molecule has 4 nitrogen and oxygen atoms in total. The topological polar surface area (TPSA) is 61.0 Å². The van der Waals surface area contributed by atoms with Crippen molar-refractivity contribution in [2.75, 3.05) is 0 Å². The van der Waals surface area contributed by atoms with Gasteiger partial charge in [0.1, 0.15) is 5.75 Å². The van der Waals surface area contributed by atoms with Crippen LogP contribution in [0.25, 0.3) is 0 Å². The van der Waals surface area contributed by atoms with Gasteiger partial charge in [-0.2, -0.15) is 5.10 Å². The van der Waals surface area contributed by atoms with Crippen molar-refractivity contribution < 1.29 is 4.74 Å². The molecule has 21 heavy (non-hydrogen) atoms. The number of hydrogen-bond donors (Lipinski definition) is 1. The van der Waals surface area contributed by atoms with E-state index >= 15 is 0 Å². The molecule has 4 heteroatoms. The van der Waals surface area contributed by atoms with Crippen LogP contribution < -0.4 is 10.5 Å². The SMILES string of the molecule is Cc1cc(Oc2nnc(C)c(C)c2CN)ccc1C(C)C. The van der Waals surface area contributed by atoms with E-state index in [1.165, 1.54) is 11.1 Å². The highest BCUT2D eigenvalue weighted by atomic mass is 16.5. The molecule has 1 aromatic heterocycles. The summed E-state index contributed by atoms with van der Waals surface area (Å²) in [5.41, 5.74) is 11.2. The molecule has 0 aliphatic rings. The van der Waals surface area contributed by atoms with Crippen LogP contribution in [0.2, 0.25) is 0 Å². The van der Waals surface area contributed by atoms with Crippen LogP contribution in [0.4, 0.5) is 0 Å². The molecule has 0 amide bonds. The van der Waals surface area contributed by atoms with Crippen molar-refractivity contribution in [1.29, 1.82) is 0 Å². The zero-order chi connectivity index (χ0) is 15.6. The van der Waals surface area contributed by atoms with E-state index in [1.807, 2.05) is 26.0 Å². The van der Waals surface area contributed by atoms with E-state index in [1.54, 1.807) is 0 Å². The number of benzene rings is 1. The molecule has 0 saturated carbocycles. The van der Waals surface area contributed by atoms with E-state index in [4.69, 9.17) is 10.5 Å². The Morgan fingerprint density at radius 1 is 1.14 bits per heavy atom. The zero-order valence-corrected chi connectivity index (χ0v) is 13.4. The normalized spacial score (nSPS) is 11.0. The van der Waals surface area contributed by atoms with Crippen LogP contribution in [0.3, 0.4) is 0 Å². The molecule has 0 atom stereocenters. The summed E-state index contributed by atoms with van der Waals surface area (Å²) >= 11 is 0. The van der Waals surface area contributed by atoms with Crippen LogP contribution >= 0.6 is 0 Å². The molecule has 2 rings (SSSR count). The van der Waals surface area contributed by atoms with Crippen LogP contribution in [-0.4, -0.2) is 10.2 Å². The van der Waals surface area contributed by atoms with E-state index in [0.29, 0.717) is 18.3 Å². The minimum atomic E-state index is 0.389. The van der Waals surface area contributed by atoms with Crippen molar-refractivity contribution in [3.63, 3.8) is 0 Å². The molecule has 0 aliphatic carbocycles. The minimum absolute atomic E-state index is 0.389. The second-order valence-electron chi connectivity index (χ2n) is 5.67. The third-order valence-electron chi connectivity index (χ3n) is 3.83. The monoisotopic (exact) mass is 285 g/mol. The summed E-state index contributed by atoms with van der Waals surface area (Å²) in [6, 6.07) is 6.11. The summed E-state index contributed by atoms with van der Waals surface area (Å²) in [7, 11) is 0. The van der Waals surface area contributed by atoms with E-state index in [2.05, 4.69) is 37.0 Å². The summed E-state index contributed by atoms with van der Waals surface area (Å²) in [5.74, 6) is 1.77. The number of hydrogen-bond acceptors (Lipinski definition) is 4. The van der Waals surface area contributed by atoms with Crippen molar-refractivity contribution in [3.05, 3.63) is 46.1 Å². The van der Waals surface area contributed by atoms with Crippen LogP contribution in [0.1, 0.15) is 47.7 Å². The molecular formula is C17H23N3O. The predicted octanol–water partition coefficient (Wildman–Crippen LogP) is 3.78. The van der Waals surface area contributed by atoms with Crippen molar-refractivity contribution in [2.45, 2.75) is 47.1 Å². The Morgan fingerprint density at radius 2 is 1.86 bits per heavy atom. The van der Waals surface area contributed by atoms with Gasteiger partial charge in [0.05, 0.1) is 5.69 Å². The number of nitrogens with zero attached hydrogens (tertiary/aromatic N) is 2. The first-order chi connectivity index (χ1) is 9.93. The summed E-state index contributed by atoms with van der Waals surface area (Å²) in [6.07, 6.45) is 0. The number of ether oxygens (including phenoxy) is 1. The largest absolute Gasteiger partial charge is 0.437 e. The van der Waals surface area contributed by atoms with Crippen molar-refractivity contribution in [1.82, 2.24) is 10.2 Å². The molecule has 0 spiro atoms. The first-order valence-corrected chi connectivity index (χ1v) is 7.25. The smallest absolute Gasteiger partial charge is 0.243 e. The van der Waals surface area contributed by atoms with Crippen LogP contribution in [0, 0.1) is 20.8 Å². The summed E-state index contributed by atoms with van der Waals surface area (Å²) < 4.78 is 5.90. The van der Waals surface area contributed by atoms with Gasteiger partial charge in [-0.15, -0.1) is 5.10 Å². The van der Waals surface area contributed by atoms with Gasteiger partial charge in [0.15, 0.2) is 0 Å². The predicted molar refractivity (Wildman–Crippen MR) is 84.7 cm³/mol. The maximum absolute atomic E-state index is 5.90. The van der Waals surface area contributed by atoms with E-state index in [0.717, 1.165) is 22.6 Å². The van der Waals surface area contributed by atoms with Gasteiger partial charge in [0, 0.05) is 12.1 Å². The van der Waals surface area contributed by atoms with Crippen molar-refractivity contribution in [3.8, 4) is 11.6 Å². The Hall–Kier alpha value is -1.94. The van der Waals surface area contributed by atoms with E-state index in [9.17, 15) is 0 Å². The molecule has 2 N–H and O–H groups in total. The lowest BCUT2D eigenvalue weighted by atomic mass is 9.98. The minimum Gasteiger partial charge on any atom is -0.437 e. The fourth-order valence-corrected chi connectivity index (χ4v) is 2.43. The van der Waals surface area contributed by atoms with E-state index < -0.39 is 0 Å². The summed E-state index contributed by atoms with van der Waals surface area (Å²) in [6.45, 7) is 10.8. The molecule has 0 bridgehead atoms.